The van der Waals surface area contributed by atoms with Crippen LogP contribution in [0.4, 0.5) is 5.69 Å². The van der Waals surface area contributed by atoms with Crippen LogP contribution in [0.25, 0.3) is 0 Å². The summed E-state index contributed by atoms with van der Waals surface area (Å²) in [5.74, 6) is -1.78. The number of likely N-dealkylation sites (tertiary alicyclic amines) is 1. The van der Waals surface area contributed by atoms with Crippen molar-refractivity contribution in [3.05, 3.63) is 30.3 Å². The van der Waals surface area contributed by atoms with Crippen molar-refractivity contribution in [1.29, 1.82) is 0 Å². The lowest BCUT2D eigenvalue weighted by Gasteiger charge is -2.33. The molecule has 0 saturated carbocycles. The van der Waals surface area contributed by atoms with E-state index >= 15 is 0 Å². The minimum Gasteiger partial charge on any atom is -0.396 e. The fraction of sp³-hybridized carbons (Fsp3) is 0.667. The van der Waals surface area contributed by atoms with E-state index < -0.39 is 23.5 Å². The second-order valence-corrected chi connectivity index (χ2v) is 10.1. The summed E-state index contributed by atoms with van der Waals surface area (Å²) in [5.41, 5.74) is -0.258. The first-order valence-electron chi connectivity index (χ1n) is 13.3. The largest absolute Gasteiger partial charge is 0.396 e. The molecule has 2 unspecified atom stereocenters. The number of carbonyl (C=O) groups is 3. The molecule has 0 aromatic heterocycles. The number of nitrogens with one attached hydrogen (secondary N) is 2. The van der Waals surface area contributed by atoms with E-state index in [2.05, 4.69) is 17.6 Å². The number of unbranched alkanes of at least 4 members (excludes halogenated alkanes) is 5. The van der Waals surface area contributed by atoms with Gasteiger partial charge in [-0.1, -0.05) is 50.8 Å². The molecular formula is C27H39N3O5. The summed E-state index contributed by atoms with van der Waals surface area (Å²) in [6.45, 7) is 3.30. The molecule has 3 saturated heterocycles. The topological polar surface area (TPSA) is 108 Å². The number of amides is 3. The van der Waals surface area contributed by atoms with Crippen LogP contribution in [0.5, 0.6) is 0 Å². The fourth-order valence-corrected chi connectivity index (χ4v) is 6.17. The summed E-state index contributed by atoms with van der Waals surface area (Å²) in [6, 6.07) is 8.53. The van der Waals surface area contributed by atoms with Crippen molar-refractivity contribution in [1.82, 2.24) is 10.2 Å². The van der Waals surface area contributed by atoms with E-state index in [4.69, 9.17) is 9.84 Å². The molecule has 8 nitrogen and oxygen atoms in total. The Morgan fingerprint density at radius 2 is 1.86 bits per heavy atom. The number of hydrogen-bond acceptors (Lipinski definition) is 5. The van der Waals surface area contributed by atoms with E-state index in [1.54, 1.807) is 4.90 Å². The highest BCUT2D eigenvalue weighted by Crippen LogP contribution is 2.58. The molecule has 3 heterocycles. The maximum Gasteiger partial charge on any atom is 0.245 e. The van der Waals surface area contributed by atoms with Gasteiger partial charge < -0.3 is 25.4 Å². The smallest absolute Gasteiger partial charge is 0.245 e. The maximum absolute atomic E-state index is 13.8. The molecule has 3 aliphatic rings. The Balaban J connectivity index is 1.54. The molecule has 1 aromatic rings. The van der Waals surface area contributed by atoms with Crippen LogP contribution in [0.1, 0.15) is 64.7 Å². The lowest BCUT2D eigenvalue weighted by atomic mass is 9.70. The van der Waals surface area contributed by atoms with E-state index in [1.165, 1.54) is 0 Å². The molecular weight excluding hydrogens is 446 g/mol. The van der Waals surface area contributed by atoms with Crippen molar-refractivity contribution in [2.24, 2.45) is 11.8 Å². The van der Waals surface area contributed by atoms with Gasteiger partial charge in [0.1, 0.15) is 11.6 Å². The van der Waals surface area contributed by atoms with Crippen LogP contribution in [0.15, 0.2) is 30.3 Å². The standard InChI is InChI=1S/C27H39N3O5/c1-2-3-9-16-28-25(33)23-27-15-14-20(35-27)21(24(32)29-19-12-7-6-8-13-19)22(27)26(34)30(23)17-10-4-5-11-18-31/h6-8,12-13,20-23,31H,2-5,9-11,14-18H2,1H3,(H,28,33)(H,29,32)/t20-,21+,22-,23?,27?/m0/s1. The molecule has 192 valence electrons. The third-order valence-electron chi connectivity index (χ3n) is 7.78. The number of rotatable bonds is 13. The van der Waals surface area contributed by atoms with Crippen molar-refractivity contribution in [3.63, 3.8) is 0 Å². The molecule has 1 spiro atoms. The zero-order valence-corrected chi connectivity index (χ0v) is 20.7. The molecule has 5 atom stereocenters. The third-order valence-corrected chi connectivity index (χ3v) is 7.78. The van der Waals surface area contributed by atoms with E-state index in [0.29, 0.717) is 31.6 Å². The van der Waals surface area contributed by atoms with E-state index in [9.17, 15) is 14.4 Å². The highest BCUT2D eigenvalue weighted by molar-refractivity contribution is 6.01. The van der Waals surface area contributed by atoms with E-state index in [0.717, 1.165) is 44.9 Å². The maximum atomic E-state index is 13.8. The number of aliphatic hydroxyl groups excluding tert-OH is 1. The number of aliphatic hydroxyl groups is 1. The summed E-state index contributed by atoms with van der Waals surface area (Å²) in [5, 5.41) is 15.1. The quantitative estimate of drug-likeness (QED) is 0.373. The van der Waals surface area contributed by atoms with Crippen LogP contribution in [-0.4, -0.2) is 65.2 Å². The Kier molecular flexibility index (Phi) is 8.44. The lowest BCUT2D eigenvalue weighted by molar-refractivity contribution is -0.141. The van der Waals surface area contributed by atoms with Gasteiger partial charge in [-0.3, -0.25) is 14.4 Å². The molecule has 3 aliphatic heterocycles. The number of benzene rings is 1. The highest BCUT2D eigenvalue weighted by Gasteiger charge is 2.74. The van der Waals surface area contributed by atoms with Gasteiger partial charge in [-0.05, 0) is 44.2 Å². The highest BCUT2D eigenvalue weighted by atomic mass is 16.5. The van der Waals surface area contributed by atoms with Gasteiger partial charge in [0.2, 0.25) is 17.7 Å². The number of hydrogen-bond donors (Lipinski definition) is 3. The minimum absolute atomic E-state index is 0.142. The molecule has 4 rings (SSSR count). The first-order chi connectivity index (χ1) is 17.0. The minimum atomic E-state index is -0.944. The van der Waals surface area contributed by atoms with Crippen LogP contribution in [-0.2, 0) is 19.1 Å². The second kappa shape index (κ2) is 11.5. The Morgan fingerprint density at radius 1 is 1.09 bits per heavy atom. The number of fused-ring (bicyclic) bond motifs is 1. The molecule has 3 amide bonds. The predicted octanol–water partition coefficient (Wildman–Crippen LogP) is 2.86. The van der Waals surface area contributed by atoms with Crippen molar-refractivity contribution in [2.75, 3.05) is 25.0 Å². The van der Waals surface area contributed by atoms with Crippen molar-refractivity contribution in [3.8, 4) is 0 Å². The summed E-state index contributed by atoms with van der Waals surface area (Å²) in [7, 11) is 0. The second-order valence-electron chi connectivity index (χ2n) is 10.1. The summed E-state index contributed by atoms with van der Waals surface area (Å²) < 4.78 is 6.44. The molecule has 3 fully saturated rings. The third kappa shape index (κ3) is 5.09. The van der Waals surface area contributed by atoms with Crippen molar-refractivity contribution >= 4 is 23.4 Å². The van der Waals surface area contributed by atoms with E-state index in [-0.39, 0.29) is 30.4 Å². The van der Waals surface area contributed by atoms with Crippen LogP contribution >= 0.6 is 0 Å². The zero-order valence-electron chi connectivity index (χ0n) is 20.7. The Bertz CT molecular complexity index is 894. The van der Waals surface area contributed by atoms with Crippen molar-refractivity contribution in [2.45, 2.75) is 82.5 Å². The predicted molar refractivity (Wildman–Crippen MR) is 132 cm³/mol. The van der Waals surface area contributed by atoms with Gasteiger partial charge in [0.05, 0.1) is 17.9 Å². The number of ether oxygens (including phenoxy) is 1. The van der Waals surface area contributed by atoms with Gasteiger partial charge in [-0.15, -0.1) is 0 Å². The summed E-state index contributed by atoms with van der Waals surface area (Å²) in [6.07, 6.45) is 7.14. The monoisotopic (exact) mass is 485 g/mol. The molecule has 3 N–H and O–H groups in total. The number of nitrogens with zero attached hydrogens (tertiary/aromatic N) is 1. The average molecular weight is 486 g/mol. The zero-order chi connectivity index (χ0) is 24.8. The normalized spacial score (nSPS) is 28.9. The SMILES string of the molecule is CCCCCNC(=O)C1N(CCCCCCO)C(=O)[C@@H]2[C@H](C(=O)Nc3ccccc3)[C@@H]3CCC12O3. The van der Waals surface area contributed by atoms with Crippen LogP contribution < -0.4 is 10.6 Å². The van der Waals surface area contributed by atoms with Crippen LogP contribution in [0.2, 0.25) is 0 Å². The molecule has 2 bridgehead atoms. The molecule has 1 aromatic carbocycles. The first kappa shape index (κ1) is 25.6. The molecule has 8 heteroatoms. The molecule has 0 radical (unpaired) electrons. The van der Waals surface area contributed by atoms with E-state index in [1.807, 2.05) is 30.3 Å². The van der Waals surface area contributed by atoms with Crippen molar-refractivity contribution < 1.29 is 24.2 Å². The number of para-hydroxylation sites is 1. The molecule has 0 aliphatic carbocycles. The van der Waals surface area contributed by atoms with Gasteiger partial charge >= 0.3 is 0 Å². The van der Waals surface area contributed by atoms with Crippen LogP contribution in [0, 0.1) is 11.8 Å². The number of anilines is 1. The molecule has 35 heavy (non-hydrogen) atoms. The number of carbonyl (C=O) groups excluding carboxylic acids is 3. The first-order valence-corrected chi connectivity index (χ1v) is 13.3. The Hall–Kier alpha value is -2.45. The average Bonchev–Trinajstić information content (AvgIpc) is 3.50. The fourth-order valence-electron chi connectivity index (χ4n) is 6.17. The van der Waals surface area contributed by atoms with Gasteiger partial charge in [0.25, 0.3) is 0 Å². The van der Waals surface area contributed by atoms with Gasteiger partial charge in [-0.25, -0.2) is 0 Å². The Labute approximate surface area is 207 Å². The van der Waals surface area contributed by atoms with Gasteiger partial charge in [-0.2, -0.15) is 0 Å². The summed E-state index contributed by atoms with van der Waals surface area (Å²) in [4.78, 5) is 42.3. The van der Waals surface area contributed by atoms with Crippen LogP contribution in [0.3, 0.4) is 0 Å². The Morgan fingerprint density at radius 3 is 2.60 bits per heavy atom. The van der Waals surface area contributed by atoms with Gasteiger partial charge in [0.15, 0.2) is 0 Å². The summed E-state index contributed by atoms with van der Waals surface area (Å²) >= 11 is 0. The lowest BCUT2D eigenvalue weighted by Crippen LogP contribution is -2.55. The van der Waals surface area contributed by atoms with Gasteiger partial charge in [0, 0.05) is 25.4 Å².